The molecule has 5 heteroatoms. The van der Waals surface area contributed by atoms with E-state index < -0.39 is 22.8 Å². The Kier molecular flexibility index (Phi) is 4.55. The summed E-state index contributed by atoms with van der Waals surface area (Å²) in [5.41, 5.74) is 0.752. The standard InChI is InChI=1S/C15H12ClF3O/c1-20-10-4-2-3-9(5-10)6-12(16)11-7-14(18)15(19)8-13(11)17/h2-5,7-8,12H,6H2,1H3. The number of methoxy groups -OCH3 is 1. The van der Waals surface area contributed by atoms with E-state index in [1.54, 1.807) is 24.3 Å². The fourth-order valence-electron chi connectivity index (χ4n) is 1.89. The highest BCUT2D eigenvalue weighted by atomic mass is 35.5. The second-order valence-corrected chi connectivity index (χ2v) is 4.84. The summed E-state index contributed by atoms with van der Waals surface area (Å²) in [7, 11) is 1.53. The summed E-state index contributed by atoms with van der Waals surface area (Å²) in [6, 6.07) is 8.40. The van der Waals surface area contributed by atoms with Gasteiger partial charge in [0.2, 0.25) is 0 Å². The van der Waals surface area contributed by atoms with Gasteiger partial charge in [-0.1, -0.05) is 12.1 Å². The summed E-state index contributed by atoms with van der Waals surface area (Å²) < 4.78 is 44.7. The summed E-state index contributed by atoms with van der Waals surface area (Å²) in [5, 5.41) is -0.794. The van der Waals surface area contributed by atoms with Gasteiger partial charge in [-0.05, 0) is 30.2 Å². The van der Waals surface area contributed by atoms with Gasteiger partial charge in [-0.25, -0.2) is 13.2 Å². The lowest BCUT2D eigenvalue weighted by atomic mass is 10.0. The normalized spacial score (nSPS) is 12.2. The van der Waals surface area contributed by atoms with Gasteiger partial charge in [0.15, 0.2) is 11.6 Å². The smallest absolute Gasteiger partial charge is 0.161 e. The minimum Gasteiger partial charge on any atom is -0.497 e. The molecule has 0 saturated heterocycles. The van der Waals surface area contributed by atoms with Crippen LogP contribution in [0.25, 0.3) is 0 Å². The molecule has 0 spiro atoms. The van der Waals surface area contributed by atoms with Crippen LogP contribution < -0.4 is 4.74 Å². The molecule has 0 radical (unpaired) electrons. The highest BCUT2D eigenvalue weighted by molar-refractivity contribution is 6.20. The molecular weight excluding hydrogens is 289 g/mol. The predicted octanol–water partition coefficient (Wildman–Crippen LogP) is 4.64. The van der Waals surface area contributed by atoms with Gasteiger partial charge in [0.25, 0.3) is 0 Å². The van der Waals surface area contributed by atoms with Crippen LogP contribution >= 0.6 is 11.6 Å². The molecule has 1 unspecified atom stereocenters. The second kappa shape index (κ2) is 6.18. The van der Waals surface area contributed by atoms with Gasteiger partial charge < -0.3 is 4.74 Å². The number of benzene rings is 2. The molecule has 0 aromatic heterocycles. The van der Waals surface area contributed by atoms with Crippen molar-refractivity contribution in [3.8, 4) is 5.75 Å². The van der Waals surface area contributed by atoms with Gasteiger partial charge >= 0.3 is 0 Å². The molecule has 1 atom stereocenters. The molecule has 0 amide bonds. The quantitative estimate of drug-likeness (QED) is 0.590. The molecule has 1 nitrogen and oxygen atoms in total. The lowest BCUT2D eigenvalue weighted by Crippen LogP contribution is -2.02. The van der Waals surface area contributed by atoms with Gasteiger partial charge in [-0.15, -0.1) is 11.6 Å². The molecule has 2 aromatic carbocycles. The van der Waals surface area contributed by atoms with Crippen LogP contribution in [0.2, 0.25) is 0 Å². The third kappa shape index (κ3) is 3.25. The Labute approximate surface area is 119 Å². The average Bonchev–Trinajstić information content (AvgIpc) is 2.43. The Bertz CT molecular complexity index is 616. The summed E-state index contributed by atoms with van der Waals surface area (Å²) in [5.74, 6) is -2.54. The topological polar surface area (TPSA) is 9.23 Å². The highest BCUT2D eigenvalue weighted by Crippen LogP contribution is 2.29. The van der Waals surface area contributed by atoms with Crippen LogP contribution in [0.5, 0.6) is 5.75 Å². The van der Waals surface area contributed by atoms with Crippen molar-refractivity contribution in [3.05, 3.63) is 65.0 Å². The first-order valence-electron chi connectivity index (χ1n) is 5.92. The minimum absolute atomic E-state index is 0.0617. The summed E-state index contributed by atoms with van der Waals surface area (Å²) >= 11 is 6.10. The van der Waals surface area contributed by atoms with E-state index in [2.05, 4.69) is 0 Å². The van der Waals surface area contributed by atoms with Crippen molar-refractivity contribution < 1.29 is 17.9 Å². The summed E-state index contributed by atoms with van der Waals surface area (Å²) in [6.45, 7) is 0. The third-order valence-corrected chi connectivity index (χ3v) is 3.32. The third-order valence-electron chi connectivity index (χ3n) is 2.93. The van der Waals surface area contributed by atoms with E-state index in [1.807, 2.05) is 0 Å². The van der Waals surface area contributed by atoms with Crippen molar-refractivity contribution in [3.63, 3.8) is 0 Å². The molecule has 0 aliphatic heterocycles. The van der Waals surface area contributed by atoms with Crippen LogP contribution in [0.4, 0.5) is 13.2 Å². The molecule has 0 bridgehead atoms. The molecule has 2 rings (SSSR count). The number of halogens is 4. The molecule has 106 valence electrons. The van der Waals surface area contributed by atoms with Gasteiger partial charge in [-0.3, -0.25) is 0 Å². The van der Waals surface area contributed by atoms with E-state index in [1.165, 1.54) is 7.11 Å². The van der Waals surface area contributed by atoms with Gasteiger partial charge in [-0.2, -0.15) is 0 Å². The second-order valence-electron chi connectivity index (χ2n) is 4.31. The molecule has 0 saturated carbocycles. The van der Waals surface area contributed by atoms with Crippen LogP contribution in [0.15, 0.2) is 36.4 Å². The van der Waals surface area contributed by atoms with Gasteiger partial charge in [0.05, 0.1) is 12.5 Å². The van der Waals surface area contributed by atoms with Crippen molar-refractivity contribution in [2.75, 3.05) is 7.11 Å². The lowest BCUT2D eigenvalue weighted by molar-refractivity contribution is 0.414. The Balaban J connectivity index is 2.23. The number of rotatable bonds is 4. The lowest BCUT2D eigenvalue weighted by Gasteiger charge is -2.12. The summed E-state index contributed by atoms with van der Waals surface area (Å²) in [6.07, 6.45) is 0.279. The fraction of sp³-hybridized carbons (Fsp3) is 0.200. The Morgan fingerprint density at radius 3 is 2.45 bits per heavy atom. The van der Waals surface area contributed by atoms with Crippen LogP contribution in [0, 0.1) is 17.5 Å². The number of hydrogen-bond donors (Lipinski definition) is 0. The first kappa shape index (κ1) is 14.7. The van der Waals surface area contributed by atoms with Crippen molar-refractivity contribution in [1.29, 1.82) is 0 Å². The van der Waals surface area contributed by atoms with E-state index in [0.29, 0.717) is 11.8 Å². The minimum atomic E-state index is -1.23. The van der Waals surface area contributed by atoms with Gasteiger partial charge in [0, 0.05) is 11.6 Å². The van der Waals surface area contributed by atoms with Crippen LogP contribution in [-0.2, 0) is 6.42 Å². The van der Waals surface area contributed by atoms with E-state index in [4.69, 9.17) is 16.3 Å². The number of alkyl halides is 1. The molecule has 2 aromatic rings. The van der Waals surface area contributed by atoms with Crippen molar-refractivity contribution in [2.24, 2.45) is 0 Å². The highest BCUT2D eigenvalue weighted by Gasteiger charge is 2.17. The van der Waals surface area contributed by atoms with E-state index in [-0.39, 0.29) is 12.0 Å². The zero-order valence-electron chi connectivity index (χ0n) is 10.7. The molecule has 0 fully saturated rings. The van der Waals surface area contributed by atoms with Crippen molar-refractivity contribution in [2.45, 2.75) is 11.8 Å². The first-order valence-corrected chi connectivity index (χ1v) is 6.36. The monoisotopic (exact) mass is 300 g/mol. The maximum absolute atomic E-state index is 13.6. The van der Waals surface area contributed by atoms with Crippen LogP contribution in [0.3, 0.4) is 0 Å². The average molecular weight is 301 g/mol. The van der Waals surface area contributed by atoms with Gasteiger partial charge in [0.1, 0.15) is 11.6 Å². The van der Waals surface area contributed by atoms with Crippen molar-refractivity contribution in [1.82, 2.24) is 0 Å². The van der Waals surface area contributed by atoms with E-state index in [9.17, 15) is 13.2 Å². The maximum Gasteiger partial charge on any atom is 0.161 e. The largest absolute Gasteiger partial charge is 0.497 e. The fourth-order valence-corrected chi connectivity index (χ4v) is 2.24. The van der Waals surface area contributed by atoms with E-state index in [0.717, 1.165) is 11.6 Å². The van der Waals surface area contributed by atoms with Crippen molar-refractivity contribution >= 4 is 11.6 Å². The number of ether oxygens (including phenoxy) is 1. The SMILES string of the molecule is COc1cccc(CC(Cl)c2cc(F)c(F)cc2F)c1. The first-order chi connectivity index (χ1) is 9.51. The predicted molar refractivity (Wildman–Crippen MR) is 71.6 cm³/mol. The zero-order chi connectivity index (χ0) is 14.7. The molecule has 0 aliphatic rings. The Hall–Kier alpha value is -1.68. The molecular formula is C15H12ClF3O. The Morgan fingerprint density at radius 1 is 1.05 bits per heavy atom. The van der Waals surface area contributed by atoms with Crippen LogP contribution in [0.1, 0.15) is 16.5 Å². The molecule has 0 aliphatic carbocycles. The zero-order valence-corrected chi connectivity index (χ0v) is 11.4. The number of hydrogen-bond acceptors (Lipinski definition) is 1. The van der Waals surface area contributed by atoms with E-state index >= 15 is 0 Å². The maximum atomic E-state index is 13.6. The summed E-state index contributed by atoms with van der Waals surface area (Å²) in [4.78, 5) is 0. The Morgan fingerprint density at radius 2 is 1.75 bits per heavy atom. The molecule has 0 N–H and O–H groups in total. The molecule has 0 heterocycles. The molecule has 20 heavy (non-hydrogen) atoms. The van der Waals surface area contributed by atoms with Crippen LogP contribution in [-0.4, -0.2) is 7.11 Å².